The summed E-state index contributed by atoms with van der Waals surface area (Å²) in [6.07, 6.45) is 2.84. The van der Waals surface area contributed by atoms with E-state index >= 15 is 0 Å². The third kappa shape index (κ3) is 2.93. The third-order valence-corrected chi connectivity index (χ3v) is 3.00. The number of methoxy groups -OCH3 is 1. The number of benzene rings is 1. The van der Waals surface area contributed by atoms with Crippen LogP contribution in [0.2, 0.25) is 0 Å². The van der Waals surface area contributed by atoms with E-state index in [-0.39, 0.29) is 0 Å². The second-order valence-electron chi connectivity index (χ2n) is 4.40. The van der Waals surface area contributed by atoms with E-state index in [1.165, 1.54) is 0 Å². The highest BCUT2D eigenvalue weighted by atomic mass is 16.5. The molecule has 0 aliphatic carbocycles. The van der Waals surface area contributed by atoms with E-state index in [9.17, 15) is 0 Å². The largest absolute Gasteiger partial charge is 0.496 e. The number of aryl methyl sites for hydroxylation is 1. The minimum Gasteiger partial charge on any atom is -0.496 e. The molecule has 0 amide bonds. The lowest BCUT2D eigenvalue weighted by atomic mass is 10.1. The number of hydrogen-bond acceptors (Lipinski definition) is 4. The van der Waals surface area contributed by atoms with Gasteiger partial charge >= 0.3 is 0 Å². The topological polar surface area (TPSA) is 52.0 Å². The van der Waals surface area contributed by atoms with E-state index in [0.717, 1.165) is 42.1 Å². The maximum atomic E-state index is 5.37. The normalized spacial score (nSPS) is 10.7. The first kappa shape index (κ1) is 13.5. The van der Waals surface area contributed by atoms with E-state index in [0.29, 0.717) is 0 Å². The lowest BCUT2D eigenvalue weighted by Crippen LogP contribution is -2.07. The van der Waals surface area contributed by atoms with Crippen LogP contribution >= 0.6 is 0 Å². The molecule has 1 heterocycles. The van der Waals surface area contributed by atoms with Crippen LogP contribution in [0.3, 0.4) is 0 Å². The van der Waals surface area contributed by atoms with Crippen LogP contribution in [0, 0.1) is 0 Å². The molecule has 1 aromatic heterocycles. The Morgan fingerprint density at radius 3 is 2.89 bits per heavy atom. The molecule has 2 rings (SSSR count). The van der Waals surface area contributed by atoms with Crippen LogP contribution in [0.15, 0.2) is 24.4 Å². The molecule has 0 spiro atoms. The molecule has 0 bridgehead atoms. The van der Waals surface area contributed by atoms with Gasteiger partial charge in [-0.1, -0.05) is 12.1 Å². The second kappa shape index (κ2) is 6.33. The van der Waals surface area contributed by atoms with E-state index in [4.69, 9.17) is 4.74 Å². The highest BCUT2D eigenvalue weighted by Gasteiger charge is 2.09. The van der Waals surface area contributed by atoms with Crippen molar-refractivity contribution in [3.63, 3.8) is 0 Å². The monoisotopic (exact) mass is 260 g/mol. The molecule has 19 heavy (non-hydrogen) atoms. The van der Waals surface area contributed by atoms with Gasteiger partial charge in [0.1, 0.15) is 5.75 Å². The Kier molecular flexibility index (Phi) is 4.52. The van der Waals surface area contributed by atoms with Crippen molar-refractivity contribution < 1.29 is 4.74 Å². The second-order valence-corrected chi connectivity index (χ2v) is 4.40. The fourth-order valence-corrected chi connectivity index (χ4v) is 2.12. The van der Waals surface area contributed by atoms with Crippen LogP contribution in [-0.2, 0) is 13.1 Å². The van der Waals surface area contributed by atoms with Gasteiger partial charge in [0.15, 0.2) is 0 Å². The number of aromatic nitrogens is 3. The molecule has 0 radical (unpaired) electrons. The van der Waals surface area contributed by atoms with Gasteiger partial charge < -0.3 is 10.1 Å². The molecule has 2 aromatic rings. The van der Waals surface area contributed by atoms with Gasteiger partial charge in [-0.05, 0) is 31.7 Å². The number of nitrogens with one attached hydrogen (secondary N) is 1. The van der Waals surface area contributed by atoms with E-state index in [1.54, 1.807) is 13.3 Å². The molecule has 1 N–H and O–H groups in total. The van der Waals surface area contributed by atoms with Crippen LogP contribution in [0.4, 0.5) is 0 Å². The Hall–Kier alpha value is -1.88. The molecular formula is C14H20N4O. The Morgan fingerprint density at radius 2 is 2.21 bits per heavy atom. The number of hydrogen-bond donors (Lipinski definition) is 1. The van der Waals surface area contributed by atoms with Gasteiger partial charge in [-0.15, -0.1) is 5.10 Å². The summed E-state index contributed by atoms with van der Waals surface area (Å²) in [7, 11) is 3.62. The Labute approximate surface area is 113 Å². The third-order valence-electron chi connectivity index (χ3n) is 3.00. The van der Waals surface area contributed by atoms with Crippen molar-refractivity contribution in [1.29, 1.82) is 0 Å². The Balaban J connectivity index is 2.39. The van der Waals surface area contributed by atoms with Crippen molar-refractivity contribution in [2.24, 2.45) is 0 Å². The van der Waals surface area contributed by atoms with Crippen molar-refractivity contribution in [3.05, 3.63) is 30.0 Å². The van der Waals surface area contributed by atoms with Gasteiger partial charge in [-0.25, -0.2) is 4.68 Å². The number of nitrogens with zero attached hydrogens (tertiary/aromatic N) is 3. The molecule has 5 nitrogen and oxygen atoms in total. The average Bonchev–Trinajstić information content (AvgIpc) is 2.88. The Morgan fingerprint density at radius 1 is 1.37 bits per heavy atom. The van der Waals surface area contributed by atoms with Crippen LogP contribution in [0.25, 0.3) is 11.3 Å². The van der Waals surface area contributed by atoms with Gasteiger partial charge in [-0.3, -0.25) is 0 Å². The summed E-state index contributed by atoms with van der Waals surface area (Å²) in [6, 6.07) is 6.16. The predicted molar refractivity (Wildman–Crippen MR) is 75.1 cm³/mol. The number of ether oxygens (including phenoxy) is 1. The predicted octanol–water partition coefficient (Wildman–Crippen LogP) is 2.08. The van der Waals surface area contributed by atoms with Crippen LogP contribution in [-0.4, -0.2) is 29.2 Å². The quantitative estimate of drug-likeness (QED) is 0.864. The van der Waals surface area contributed by atoms with Crippen molar-refractivity contribution in [2.45, 2.75) is 26.4 Å². The zero-order valence-corrected chi connectivity index (χ0v) is 11.7. The van der Waals surface area contributed by atoms with Gasteiger partial charge in [0.25, 0.3) is 0 Å². The maximum absolute atomic E-state index is 5.37. The molecule has 0 aliphatic heterocycles. The maximum Gasteiger partial charge on any atom is 0.123 e. The standard InChI is InChI=1S/C14H20N4O/c1-4-7-18-13(10-16-17-18)11-5-6-14(19-3)12(8-11)9-15-2/h5-6,8,10,15H,4,7,9H2,1-3H3. The summed E-state index contributed by atoms with van der Waals surface area (Å²) in [5, 5.41) is 11.3. The molecule has 1 aromatic carbocycles. The molecule has 0 unspecified atom stereocenters. The van der Waals surface area contributed by atoms with E-state index in [2.05, 4.69) is 28.6 Å². The summed E-state index contributed by atoms with van der Waals surface area (Å²) < 4.78 is 7.31. The van der Waals surface area contributed by atoms with Crippen LogP contribution in [0.1, 0.15) is 18.9 Å². The molecule has 5 heteroatoms. The van der Waals surface area contributed by atoms with Gasteiger partial charge in [0.2, 0.25) is 0 Å². The molecule has 0 saturated carbocycles. The first-order chi connectivity index (χ1) is 9.30. The minimum absolute atomic E-state index is 0.770. The van der Waals surface area contributed by atoms with Crippen molar-refractivity contribution in [1.82, 2.24) is 20.3 Å². The Bertz CT molecular complexity index is 536. The molecule has 0 aliphatic rings. The minimum atomic E-state index is 0.770. The van der Waals surface area contributed by atoms with E-state index < -0.39 is 0 Å². The zero-order chi connectivity index (χ0) is 13.7. The molecule has 0 saturated heterocycles. The summed E-state index contributed by atoms with van der Waals surface area (Å²) in [6.45, 7) is 3.78. The molecule has 102 valence electrons. The lowest BCUT2D eigenvalue weighted by molar-refractivity contribution is 0.408. The van der Waals surface area contributed by atoms with Gasteiger partial charge in [0, 0.05) is 24.2 Å². The summed E-state index contributed by atoms with van der Waals surface area (Å²) in [5.74, 6) is 0.896. The van der Waals surface area contributed by atoms with Crippen molar-refractivity contribution >= 4 is 0 Å². The number of rotatable bonds is 6. The highest BCUT2D eigenvalue weighted by molar-refractivity contribution is 5.61. The van der Waals surface area contributed by atoms with Gasteiger partial charge in [0.05, 0.1) is 19.0 Å². The summed E-state index contributed by atoms with van der Waals surface area (Å²) in [5.41, 5.74) is 3.29. The lowest BCUT2D eigenvalue weighted by Gasteiger charge is -2.11. The average molecular weight is 260 g/mol. The first-order valence-electron chi connectivity index (χ1n) is 6.50. The van der Waals surface area contributed by atoms with E-state index in [1.807, 2.05) is 23.9 Å². The SMILES string of the molecule is CCCn1nncc1-c1ccc(OC)c(CNC)c1. The smallest absolute Gasteiger partial charge is 0.123 e. The highest BCUT2D eigenvalue weighted by Crippen LogP contribution is 2.26. The molecule has 0 atom stereocenters. The van der Waals surface area contributed by atoms with Crippen molar-refractivity contribution in [3.8, 4) is 17.0 Å². The fourth-order valence-electron chi connectivity index (χ4n) is 2.12. The van der Waals surface area contributed by atoms with Crippen LogP contribution < -0.4 is 10.1 Å². The van der Waals surface area contributed by atoms with Crippen molar-refractivity contribution in [2.75, 3.05) is 14.2 Å². The van der Waals surface area contributed by atoms with Gasteiger partial charge in [-0.2, -0.15) is 0 Å². The first-order valence-corrected chi connectivity index (χ1v) is 6.50. The zero-order valence-electron chi connectivity index (χ0n) is 11.7. The summed E-state index contributed by atoms with van der Waals surface area (Å²) >= 11 is 0. The summed E-state index contributed by atoms with van der Waals surface area (Å²) in [4.78, 5) is 0. The van der Waals surface area contributed by atoms with Crippen LogP contribution in [0.5, 0.6) is 5.75 Å². The fraction of sp³-hybridized carbons (Fsp3) is 0.429. The molecular weight excluding hydrogens is 240 g/mol. The molecule has 0 fully saturated rings.